The van der Waals surface area contributed by atoms with Gasteiger partial charge >= 0.3 is 6.09 Å². The summed E-state index contributed by atoms with van der Waals surface area (Å²) in [6.07, 6.45) is -0.604. The predicted octanol–water partition coefficient (Wildman–Crippen LogP) is 6.13. The molecule has 1 fully saturated rings. The Labute approximate surface area is 210 Å². The zero-order valence-electron chi connectivity index (χ0n) is 20.4. The Morgan fingerprint density at radius 1 is 1.17 bits per heavy atom. The number of nitrogens with two attached hydrogens (primary N) is 1. The van der Waals surface area contributed by atoms with Crippen LogP contribution in [0, 0.1) is 0 Å². The van der Waals surface area contributed by atoms with E-state index >= 15 is 0 Å². The quantitative estimate of drug-likeness (QED) is 0.401. The fourth-order valence-corrected chi connectivity index (χ4v) is 4.51. The highest BCUT2D eigenvalue weighted by Crippen LogP contribution is 2.59. The van der Waals surface area contributed by atoms with E-state index in [1.807, 2.05) is 12.1 Å². The molecule has 3 rings (SSSR count). The number of amides is 1. The minimum absolute atomic E-state index is 0.210. The van der Waals surface area contributed by atoms with Gasteiger partial charge in [0.1, 0.15) is 18.0 Å². The summed E-state index contributed by atoms with van der Waals surface area (Å²) >= 11 is 6.04. The normalized spacial score (nSPS) is 16.2. The number of rotatable bonds is 9. The maximum atomic E-state index is 14.2. The summed E-state index contributed by atoms with van der Waals surface area (Å²) in [6, 6.07) is 12.5. The van der Waals surface area contributed by atoms with Crippen molar-refractivity contribution in [1.82, 2.24) is 5.32 Å². The van der Waals surface area contributed by atoms with Gasteiger partial charge in [0.05, 0.1) is 6.54 Å². The molecule has 190 valence electrons. The number of allylic oxidation sites excluding steroid dienone is 1. The third kappa shape index (κ3) is 6.73. The summed E-state index contributed by atoms with van der Waals surface area (Å²) in [7, 11) is 0. The lowest BCUT2D eigenvalue weighted by Gasteiger charge is -2.49. The Kier molecular flexibility index (Phi) is 8.12. The number of hydrogen-bond acceptors (Lipinski definition) is 4. The lowest BCUT2D eigenvalue weighted by Crippen LogP contribution is -2.50. The van der Waals surface area contributed by atoms with Crippen LogP contribution in [-0.2, 0) is 16.6 Å². The molecular formula is C27H33ClF2N2O3. The molecule has 0 aromatic heterocycles. The van der Waals surface area contributed by atoms with E-state index in [-0.39, 0.29) is 26.0 Å². The second-order valence-electron chi connectivity index (χ2n) is 9.91. The summed E-state index contributed by atoms with van der Waals surface area (Å²) in [4.78, 5) is 11.8. The molecule has 0 atom stereocenters. The van der Waals surface area contributed by atoms with Crippen LogP contribution in [0.25, 0.3) is 5.57 Å². The van der Waals surface area contributed by atoms with Gasteiger partial charge in [0.2, 0.25) is 0 Å². The van der Waals surface area contributed by atoms with Crippen LogP contribution in [0.5, 0.6) is 5.75 Å². The molecule has 35 heavy (non-hydrogen) atoms. The lowest BCUT2D eigenvalue weighted by molar-refractivity contribution is -0.108. The fraction of sp³-hybridized carbons (Fsp3) is 0.444. The van der Waals surface area contributed by atoms with Crippen LogP contribution < -0.4 is 15.8 Å². The van der Waals surface area contributed by atoms with Crippen molar-refractivity contribution in [3.05, 3.63) is 70.8 Å². The standard InChI is InChI=1S/C27H33ClF2N2O3/c1-18(26(16-27(29,30)17-26)20-6-8-21(28)9-7-20)23-15-22(10-5-19(23)11-12-31)34-14-13-32-24(33)35-25(2,3)4/h5-10,15H,1,11-14,16-17,31H2,2-4H3,(H,32,33). The molecule has 0 aliphatic heterocycles. The molecule has 0 bridgehead atoms. The van der Waals surface area contributed by atoms with Gasteiger partial charge in [0.25, 0.3) is 5.92 Å². The van der Waals surface area contributed by atoms with Crippen LogP contribution in [0.15, 0.2) is 49.0 Å². The molecule has 0 spiro atoms. The highest BCUT2D eigenvalue weighted by atomic mass is 35.5. The molecular weight excluding hydrogens is 474 g/mol. The lowest BCUT2D eigenvalue weighted by atomic mass is 9.57. The molecule has 1 saturated carbocycles. The number of nitrogens with one attached hydrogen (secondary N) is 1. The van der Waals surface area contributed by atoms with Gasteiger partial charge in [0, 0.05) is 23.3 Å². The van der Waals surface area contributed by atoms with E-state index in [4.69, 9.17) is 26.8 Å². The van der Waals surface area contributed by atoms with Gasteiger partial charge in [-0.1, -0.05) is 36.4 Å². The van der Waals surface area contributed by atoms with Gasteiger partial charge in [0.15, 0.2) is 0 Å². The average molecular weight is 507 g/mol. The third-order valence-corrected chi connectivity index (χ3v) is 6.21. The van der Waals surface area contributed by atoms with Crippen molar-refractivity contribution in [3.63, 3.8) is 0 Å². The molecule has 3 N–H and O–H groups in total. The van der Waals surface area contributed by atoms with Crippen LogP contribution in [0.1, 0.15) is 50.3 Å². The smallest absolute Gasteiger partial charge is 0.407 e. The van der Waals surface area contributed by atoms with Gasteiger partial charge in [-0.25, -0.2) is 13.6 Å². The number of benzene rings is 2. The summed E-state index contributed by atoms with van der Waals surface area (Å²) in [6.45, 7) is 10.5. The van der Waals surface area contributed by atoms with Crippen LogP contribution in [0.3, 0.4) is 0 Å². The maximum Gasteiger partial charge on any atom is 0.407 e. The number of alkyl carbamates (subject to hydrolysis) is 1. The largest absolute Gasteiger partial charge is 0.492 e. The second-order valence-corrected chi connectivity index (χ2v) is 10.3. The molecule has 8 heteroatoms. The van der Waals surface area contributed by atoms with Crippen molar-refractivity contribution in [2.75, 3.05) is 19.7 Å². The van der Waals surface area contributed by atoms with Gasteiger partial charge in [-0.2, -0.15) is 0 Å². The first-order valence-corrected chi connectivity index (χ1v) is 12.0. The first-order chi connectivity index (χ1) is 16.3. The van der Waals surface area contributed by atoms with Gasteiger partial charge in [-0.3, -0.25) is 0 Å². The minimum atomic E-state index is -2.77. The SMILES string of the molecule is C=C(c1cc(OCCNC(=O)OC(C)(C)C)ccc1CCN)C1(c2ccc(Cl)cc2)CC(F)(F)C1. The zero-order chi connectivity index (χ0) is 25.9. The number of carbonyl (C=O) groups excluding carboxylic acids is 1. The van der Waals surface area contributed by atoms with E-state index in [1.165, 1.54) is 0 Å². The second kappa shape index (κ2) is 10.5. The monoisotopic (exact) mass is 506 g/mol. The Bertz CT molecular complexity index is 1060. The van der Waals surface area contributed by atoms with E-state index in [9.17, 15) is 13.6 Å². The molecule has 0 unspecified atom stereocenters. The maximum absolute atomic E-state index is 14.2. The van der Waals surface area contributed by atoms with Crippen molar-refractivity contribution in [2.45, 2.75) is 57.0 Å². The number of hydrogen-bond donors (Lipinski definition) is 2. The highest BCUT2D eigenvalue weighted by molar-refractivity contribution is 6.30. The number of carbonyl (C=O) groups is 1. The average Bonchev–Trinajstić information content (AvgIpc) is 2.74. The number of ether oxygens (including phenoxy) is 2. The van der Waals surface area contributed by atoms with Crippen molar-refractivity contribution in [2.24, 2.45) is 5.73 Å². The fourth-order valence-electron chi connectivity index (χ4n) is 4.39. The van der Waals surface area contributed by atoms with Gasteiger partial charge in [-0.15, -0.1) is 0 Å². The summed E-state index contributed by atoms with van der Waals surface area (Å²) < 4.78 is 39.5. The highest BCUT2D eigenvalue weighted by Gasteiger charge is 2.58. The molecule has 2 aromatic rings. The summed E-state index contributed by atoms with van der Waals surface area (Å²) in [5.74, 6) is -2.22. The Morgan fingerprint density at radius 2 is 1.83 bits per heavy atom. The van der Waals surface area contributed by atoms with E-state index in [0.717, 1.165) is 16.7 Å². The van der Waals surface area contributed by atoms with E-state index in [0.29, 0.717) is 29.3 Å². The minimum Gasteiger partial charge on any atom is -0.492 e. The molecule has 2 aromatic carbocycles. The van der Waals surface area contributed by atoms with Crippen LogP contribution in [0.2, 0.25) is 5.02 Å². The first kappa shape index (κ1) is 27.0. The molecule has 0 radical (unpaired) electrons. The van der Waals surface area contributed by atoms with Crippen molar-refractivity contribution < 1.29 is 23.0 Å². The Hall–Kier alpha value is -2.64. The molecule has 1 aliphatic carbocycles. The Balaban J connectivity index is 1.80. The topological polar surface area (TPSA) is 73.6 Å². The van der Waals surface area contributed by atoms with Crippen molar-refractivity contribution in [3.8, 4) is 5.75 Å². The van der Waals surface area contributed by atoms with Crippen LogP contribution in [-0.4, -0.2) is 37.3 Å². The van der Waals surface area contributed by atoms with E-state index in [1.54, 1.807) is 51.1 Å². The van der Waals surface area contributed by atoms with Gasteiger partial charge < -0.3 is 20.5 Å². The number of alkyl halides is 2. The molecule has 0 heterocycles. The van der Waals surface area contributed by atoms with E-state index in [2.05, 4.69) is 11.9 Å². The molecule has 5 nitrogen and oxygen atoms in total. The van der Waals surface area contributed by atoms with Gasteiger partial charge in [-0.05, 0) is 80.3 Å². The molecule has 1 amide bonds. The van der Waals surface area contributed by atoms with Crippen molar-refractivity contribution in [1.29, 1.82) is 0 Å². The van der Waals surface area contributed by atoms with Crippen molar-refractivity contribution >= 4 is 23.3 Å². The van der Waals surface area contributed by atoms with E-state index < -0.39 is 23.0 Å². The molecule has 1 aliphatic rings. The zero-order valence-corrected chi connectivity index (χ0v) is 21.2. The van der Waals surface area contributed by atoms with Crippen LogP contribution >= 0.6 is 11.6 Å². The predicted molar refractivity (Wildman–Crippen MR) is 135 cm³/mol. The Morgan fingerprint density at radius 3 is 2.40 bits per heavy atom. The van der Waals surface area contributed by atoms with Crippen LogP contribution in [0.4, 0.5) is 13.6 Å². The number of halogens is 3. The summed E-state index contributed by atoms with van der Waals surface area (Å²) in [5.41, 5.74) is 7.35. The molecule has 0 saturated heterocycles. The first-order valence-electron chi connectivity index (χ1n) is 11.6. The third-order valence-electron chi connectivity index (χ3n) is 5.95. The summed E-state index contributed by atoms with van der Waals surface area (Å²) in [5, 5.41) is 3.18.